The highest BCUT2D eigenvalue weighted by atomic mass is 16.6. The standard InChI is InChI=1S/C15H15N5O3/c1-10(9-19-11(2)7-14(18-19)20(22)23)15(21)17-13-6-4-3-5-12(13)8-16/h3-7,10H,9H2,1-2H3,(H,17,21). The fourth-order valence-corrected chi connectivity index (χ4v) is 2.05. The number of nitriles is 1. The molecule has 0 aliphatic rings. The van der Waals surface area contributed by atoms with Crippen LogP contribution < -0.4 is 5.32 Å². The molecule has 23 heavy (non-hydrogen) atoms. The van der Waals surface area contributed by atoms with E-state index in [1.165, 1.54) is 10.7 Å². The summed E-state index contributed by atoms with van der Waals surface area (Å²) >= 11 is 0. The highest BCUT2D eigenvalue weighted by Crippen LogP contribution is 2.17. The number of para-hydroxylation sites is 1. The second-order valence-electron chi connectivity index (χ2n) is 5.13. The number of hydrogen-bond acceptors (Lipinski definition) is 5. The van der Waals surface area contributed by atoms with Crippen molar-refractivity contribution in [2.45, 2.75) is 20.4 Å². The van der Waals surface area contributed by atoms with Gasteiger partial charge in [-0.15, -0.1) is 0 Å². The number of hydrogen-bond donors (Lipinski definition) is 1. The van der Waals surface area contributed by atoms with Crippen LogP contribution in [0.25, 0.3) is 0 Å². The smallest absolute Gasteiger partial charge is 0.358 e. The second-order valence-corrected chi connectivity index (χ2v) is 5.13. The molecule has 1 heterocycles. The van der Waals surface area contributed by atoms with E-state index in [9.17, 15) is 14.9 Å². The van der Waals surface area contributed by atoms with E-state index in [0.717, 1.165) is 0 Å². The Kier molecular flexibility index (Phi) is 4.71. The summed E-state index contributed by atoms with van der Waals surface area (Å²) in [6.07, 6.45) is 0. The minimum absolute atomic E-state index is 0.209. The number of nitrogens with zero attached hydrogens (tertiary/aromatic N) is 4. The van der Waals surface area contributed by atoms with Crippen LogP contribution in [0.3, 0.4) is 0 Å². The minimum Gasteiger partial charge on any atom is -0.358 e. The van der Waals surface area contributed by atoms with Gasteiger partial charge in [0.05, 0.1) is 40.6 Å². The highest BCUT2D eigenvalue weighted by Gasteiger charge is 2.21. The lowest BCUT2D eigenvalue weighted by Gasteiger charge is -2.12. The van der Waals surface area contributed by atoms with Crippen LogP contribution in [0.1, 0.15) is 18.2 Å². The van der Waals surface area contributed by atoms with E-state index in [-0.39, 0.29) is 18.3 Å². The van der Waals surface area contributed by atoms with Crippen molar-refractivity contribution in [2.75, 3.05) is 5.32 Å². The molecule has 0 radical (unpaired) electrons. The Morgan fingerprint density at radius 1 is 1.52 bits per heavy atom. The molecule has 8 nitrogen and oxygen atoms in total. The van der Waals surface area contributed by atoms with Crippen LogP contribution in [0, 0.1) is 34.3 Å². The monoisotopic (exact) mass is 313 g/mol. The van der Waals surface area contributed by atoms with Crippen LogP contribution in [0.2, 0.25) is 0 Å². The molecule has 1 N–H and O–H groups in total. The molecule has 8 heteroatoms. The van der Waals surface area contributed by atoms with E-state index < -0.39 is 10.8 Å². The molecule has 0 saturated heterocycles. The molecule has 1 aromatic heterocycles. The first-order valence-electron chi connectivity index (χ1n) is 6.91. The Morgan fingerprint density at radius 3 is 2.83 bits per heavy atom. The van der Waals surface area contributed by atoms with Crippen LogP contribution in [0.5, 0.6) is 0 Å². The zero-order valence-electron chi connectivity index (χ0n) is 12.7. The zero-order valence-corrected chi connectivity index (χ0v) is 12.7. The first kappa shape index (κ1) is 16.2. The maximum atomic E-state index is 12.2. The third kappa shape index (κ3) is 3.71. The van der Waals surface area contributed by atoms with E-state index in [1.807, 2.05) is 6.07 Å². The van der Waals surface area contributed by atoms with Gasteiger partial charge in [0, 0.05) is 0 Å². The topological polar surface area (TPSA) is 114 Å². The number of amides is 1. The summed E-state index contributed by atoms with van der Waals surface area (Å²) in [6.45, 7) is 3.59. The lowest BCUT2D eigenvalue weighted by atomic mass is 10.1. The van der Waals surface area contributed by atoms with Gasteiger partial charge in [-0.2, -0.15) is 9.94 Å². The third-order valence-electron chi connectivity index (χ3n) is 3.36. The van der Waals surface area contributed by atoms with Gasteiger partial charge in [-0.1, -0.05) is 19.1 Å². The van der Waals surface area contributed by atoms with Gasteiger partial charge in [0.15, 0.2) is 0 Å². The lowest BCUT2D eigenvalue weighted by Crippen LogP contribution is -2.25. The summed E-state index contributed by atoms with van der Waals surface area (Å²) in [5.41, 5.74) is 1.42. The van der Waals surface area contributed by atoms with Crippen LogP contribution in [0.4, 0.5) is 11.5 Å². The second kappa shape index (κ2) is 6.70. The Balaban J connectivity index is 2.09. The molecular weight excluding hydrogens is 298 g/mol. The lowest BCUT2D eigenvalue weighted by molar-refractivity contribution is -0.389. The number of aromatic nitrogens is 2. The summed E-state index contributed by atoms with van der Waals surface area (Å²) in [5.74, 6) is -1.00. The van der Waals surface area contributed by atoms with Crippen molar-refractivity contribution in [1.82, 2.24) is 9.78 Å². The Hall–Kier alpha value is -3.21. The van der Waals surface area contributed by atoms with Crippen molar-refractivity contribution >= 4 is 17.4 Å². The van der Waals surface area contributed by atoms with Gasteiger partial charge in [-0.25, -0.2) is 0 Å². The molecule has 1 aromatic carbocycles. The van der Waals surface area contributed by atoms with Crippen molar-refractivity contribution in [3.8, 4) is 6.07 Å². The van der Waals surface area contributed by atoms with Crippen LogP contribution in [-0.4, -0.2) is 20.6 Å². The van der Waals surface area contributed by atoms with Gasteiger partial charge < -0.3 is 15.4 Å². The van der Waals surface area contributed by atoms with Crippen molar-refractivity contribution in [3.63, 3.8) is 0 Å². The van der Waals surface area contributed by atoms with Gasteiger partial charge in [0.1, 0.15) is 6.07 Å². The van der Waals surface area contributed by atoms with Crippen LogP contribution in [0.15, 0.2) is 30.3 Å². The zero-order chi connectivity index (χ0) is 17.0. The number of rotatable bonds is 5. The Labute approximate surface area is 132 Å². The largest absolute Gasteiger partial charge is 0.390 e. The van der Waals surface area contributed by atoms with E-state index in [1.54, 1.807) is 38.1 Å². The Bertz CT molecular complexity index is 791. The number of carbonyl (C=O) groups is 1. The molecule has 0 saturated carbocycles. The molecule has 1 unspecified atom stereocenters. The molecule has 1 amide bonds. The van der Waals surface area contributed by atoms with Gasteiger partial charge in [-0.05, 0) is 24.0 Å². The summed E-state index contributed by atoms with van der Waals surface area (Å²) in [6, 6.07) is 10.1. The van der Waals surface area contributed by atoms with Gasteiger partial charge in [-0.3, -0.25) is 4.79 Å². The molecule has 118 valence electrons. The number of benzene rings is 1. The summed E-state index contributed by atoms with van der Waals surface area (Å²) in [7, 11) is 0. The predicted octanol–water partition coefficient (Wildman–Crippen LogP) is 2.25. The van der Waals surface area contributed by atoms with Gasteiger partial charge >= 0.3 is 5.82 Å². The number of anilines is 1. The average molecular weight is 313 g/mol. The first-order chi connectivity index (χ1) is 10.9. The van der Waals surface area contributed by atoms with Crippen LogP contribution in [-0.2, 0) is 11.3 Å². The fraction of sp³-hybridized carbons (Fsp3) is 0.267. The highest BCUT2D eigenvalue weighted by molar-refractivity contribution is 5.93. The quantitative estimate of drug-likeness (QED) is 0.671. The van der Waals surface area contributed by atoms with Crippen molar-refractivity contribution in [3.05, 3.63) is 51.7 Å². The summed E-state index contributed by atoms with van der Waals surface area (Å²) in [4.78, 5) is 22.4. The summed E-state index contributed by atoms with van der Waals surface area (Å²) in [5, 5.41) is 26.3. The average Bonchev–Trinajstić information content (AvgIpc) is 2.89. The van der Waals surface area contributed by atoms with Crippen molar-refractivity contribution < 1.29 is 9.72 Å². The minimum atomic E-state index is -0.572. The van der Waals surface area contributed by atoms with Crippen LogP contribution >= 0.6 is 0 Å². The number of nitro groups is 1. The van der Waals surface area contributed by atoms with Gasteiger partial charge in [0.2, 0.25) is 5.91 Å². The molecule has 1 atom stereocenters. The molecule has 2 rings (SSSR count). The maximum absolute atomic E-state index is 12.2. The molecule has 0 fully saturated rings. The Morgan fingerprint density at radius 2 is 2.22 bits per heavy atom. The molecule has 2 aromatic rings. The third-order valence-corrected chi connectivity index (χ3v) is 3.36. The normalized spacial score (nSPS) is 11.5. The van der Waals surface area contributed by atoms with Gasteiger partial charge in [0.25, 0.3) is 0 Å². The number of carbonyl (C=O) groups excluding carboxylic acids is 1. The van der Waals surface area contributed by atoms with E-state index >= 15 is 0 Å². The molecule has 0 aliphatic heterocycles. The molecule has 0 aliphatic carbocycles. The number of nitrogens with one attached hydrogen (secondary N) is 1. The first-order valence-corrected chi connectivity index (χ1v) is 6.91. The van der Waals surface area contributed by atoms with E-state index in [4.69, 9.17) is 5.26 Å². The predicted molar refractivity (Wildman–Crippen MR) is 82.6 cm³/mol. The number of aryl methyl sites for hydroxylation is 1. The summed E-state index contributed by atoms with van der Waals surface area (Å²) < 4.78 is 1.43. The molecule has 0 bridgehead atoms. The SMILES string of the molecule is Cc1cc([N+](=O)[O-])nn1CC(C)C(=O)Nc1ccccc1C#N. The molecule has 0 spiro atoms. The van der Waals surface area contributed by atoms with Crippen molar-refractivity contribution in [2.24, 2.45) is 5.92 Å². The van der Waals surface area contributed by atoms with E-state index in [2.05, 4.69) is 10.4 Å². The maximum Gasteiger partial charge on any atom is 0.390 e. The fourth-order valence-electron chi connectivity index (χ4n) is 2.05. The van der Waals surface area contributed by atoms with Crippen molar-refractivity contribution in [1.29, 1.82) is 5.26 Å². The molecular formula is C15H15N5O3. The van der Waals surface area contributed by atoms with E-state index in [0.29, 0.717) is 16.9 Å².